The smallest absolute Gasteiger partial charge is 0.307 e. The van der Waals surface area contributed by atoms with Crippen LogP contribution >= 0.6 is 11.6 Å². The molecule has 5 nitrogen and oxygen atoms in total. The lowest BCUT2D eigenvalue weighted by atomic mass is 10.1. The number of carbonyl (C=O) groups excluding carboxylic acids is 1. The fraction of sp³-hybridized carbons (Fsp3) is 0.333. The molecule has 18 heavy (non-hydrogen) atoms. The van der Waals surface area contributed by atoms with Gasteiger partial charge < -0.3 is 10.5 Å². The van der Waals surface area contributed by atoms with Crippen molar-refractivity contribution in [2.45, 2.75) is 19.4 Å². The number of esters is 1. The van der Waals surface area contributed by atoms with Crippen LogP contribution in [0.5, 0.6) is 0 Å². The Morgan fingerprint density at radius 1 is 1.61 bits per heavy atom. The number of nitrogens with zero attached hydrogens (tertiary/aromatic N) is 2. The number of fused-ring (bicyclic) bond motifs is 1. The molecule has 6 heteroatoms. The van der Waals surface area contributed by atoms with Crippen LogP contribution in [0.3, 0.4) is 0 Å². The van der Waals surface area contributed by atoms with E-state index in [1.165, 1.54) is 0 Å². The highest BCUT2D eigenvalue weighted by atomic mass is 35.5. The molecule has 0 saturated heterocycles. The van der Waals surface area contributed by atoms with Crippen molar-refractivity contribution < 1.29 is 9.53 Å². The maximum Gasteiger partial charge on any atom is 0.307 e. The fourth-order valence-electron chi connectivity index (χ4n) is 1.73. The Labute approximate surface area is 110 Å². The van der Waals surface area contributed by atoms with E-state index in [9.17, 15) is 4.79 Å². The Hall–Kier alpha value is -1.59. The lowest BCUT2D eigenvalue weighted by molar-refractivity contribution is -0.143. The summed E-state index contributed by atoms with van der Waals surface area (Å²) in [5.41, 5.74) is 7.43. The molecule has 2 rings (SSSR count). The largest absolute Gasteiger partial charge is 0.466 e. The molecule has 0 aromatic carbocycles. The first-order valence-corrected chi connectivity index (χ1v) is 6.03. The molecule has 1 unspecified atom stereocenters. The number of halogens is 1. The first-order valence-electron chi connectivity index (χ1n) is 5.65. The Bertz CT molecular complexity index is 567. The van der Waals surface area contributed by atoms with Crippen LogP contribution < -0.4 is 5.73 Å². The fourth-order valence-corrected chi connectivity index (χ4v) is 2.00. The van der Waals surface area contributed by atoms with Crippen LogP contribution in [0.2, 0.25) is 5.15 Å². The minimum atomic E-state index is -0.441. The second-order valence-corrected chi connectivity index (χ2v) is 4.27. The lowest BCUT2D eigenvalue weighted by Gasteiger charge is -2.12. The third-order valence-corrected chi connectivity index (χ3v) is 2.89. The molecule has 0 aliphatic rings. The summed E-state index contributed by atoms with van der Waals surface area (Å²) in [6.45, 7) is 2.11. The van der Waals surface area contributed by atoms with Gasteiger partial charge in [0.25, 0.3) is 0 Å². The predicted octanol–water partition coefficient (Wildman–Crippen LogP) is 1.94. The third kappa shape index (κ3) is 2.63. The minimum Gasteiger partial charge on any atom is -0.466 e. The summed E-state index contributed by atoms with van der Waals surface area (Å²) in [5.74, 6) is -0.315. The molecule has 0 aliphatic heterocycles. The van der Waals surface area contributed by atoms with Crippen LogP contribution in [-0.4, -0.2) is 22.0 Å². The van der Waals surface area contributed by atoms with Crippen LogP contribution in [0.25, 0.3) is 5.65 Å². The molecule has 0 aliphatic carbocycles. The molecule has 0 radical (unpaired) electrons. The number of hydrogen-bond acceptors (Lipinski definition) is 4. The SMILES string of the molecule is CCOC(=O)CC(N)c1cc(Cl)n2ccnc2c1. The number of imidazole rings is 1. The molecule has 0 amide bonds. The van der Waals surface area contributed by atoms with Gasteiger partial charge in [0.1, 0.15) is 10.8 Å². The van der Waals surface area contributed by atoms with E-state index in [1.54, 1.807) is 29.8 Å². The first kappa shape index (κ1) is 12.9. The Kier molecular flexibility index (Phi) is 3.84. The summed E-state index contributed by atoms with van der Waals surface area (Å²) in [6.07, 6.45) is 3.54. The van der Waals surface area contributed by atoms with Gasteiger partial charge in [0, 0.05) is 18.4 Å². The monoisotopic (exact) mass is 267 g/mol. The zero-order chi connectivity index (χ0) is 13.1. The number of rotatable bonds is 4. The van der Waals surface area contributed by atoms with Crippen molar-refractivity contribution in [3.8, 4) is 0 Å². The van der Waals surface area contributed by atoms with E-state index in [2.05, 4.69) is 4.98 Å². The van der Waals surface area contributed by atoms with Gasteiger partial charge >= 0.3 is 5.97 Å². The Balaban J connectivity index is 2.22. The van der Waals surface area contributed by atoms with Crippen molar-refractivity contribution in [3.05, 3.63) is 35.2 Å². The van der Waals surface area contributed by atoms with Crippen LogP contribution in [0.1, 0.15) is 24.9 Å². The van der Waals surface area contributed by atoms with Gasteiger partial charge in [-0.2, -0.15) is 0 Å². The Morgan fingerprint density at radius 2 is 2.39 bits per heavy atom. The molecular formula is C12H14ClN3O2. The van der Waals surface area contributed by atoms with Gasteiger partial charge in [-0.1, -0.05) is 11.6 Å². The standard InChI is InChI=1S/C12H14ClN3O2/c1-2-18-12(17)7-9(14)8-5-10(13)16-4-3-15-11(16)6-8/h3-6,9H,2,7,14H2,1H3. The van der Waals surface area contributed by atoms with E-state index in [-0.39, 0.29) is 12.4 Å². The minimum absolute atomic E-state index is 0.126. The molecule has 0 fully saturated rings. The lowest BCUT2D eigenvalue weighted by Crippen LogP contribution is -2.17. The summed E-state index contributed by atoms with van der Waals surface area (Å²) >= 11 is 6.10. The normalized spacial score (nSPS) is 12.6. The Morgan fingerprint density at radius 3 is 3.11 bits per heavy atom. The van der Waals surface area contributed by atoms with Crippen LogP contribution in [0.15, 0.2) is 24.5 Å². The van der Waals surface area contributed by atoms with E-state index in [0.29, 0.717) is 17.4 Å². The molecule has 1 atom stereocenters. The van der Waals surface area contributed by atoms with Crippen molar-refractivity contribution in [2.24, 2.45) is 5.73 Å². The van der Waals surface area contributed by atoms with Crippen molar-refractivity contribution in [1.82, 2.24) is 9.38 Å². The van der Waals surface area contributed by atoms with E-state index in [4.69, 9.17) is 22.1 Å². The average molecular weight is 268 g/mol. The van der Waals surface area contributed by atoms with Gasteiger partial charge in [-0.05, 0) is 24.6 Å². The number of pyridine rings is 1. The van der Waals surface area contributed by atoms with Crippen molar-refractivity contribution in [3.63, 3.8) is 0 Å². The van der Waals surface area contributed by atoms with Gasteiger partial charge in [-0.15, -0.1) is 0 Å². The third-order valence-electron chi connectivity index (χ3n) is 2.60. The van der Waals surface area contributed by atoms with Gasteiger partial charge in [-0.25, -0.2) is 4.98 Å². The molecule has 2 aromatic rings. The highest BCUT2D eigenvalue weighted by Gasteiger charge is 2.14. The number of carbonyl (C=O) groups is 1. The number of hydrogen-bond donors (Lipinski definition) is 1. The van der Waals surface area contributed by atoms with Crippen LogP contribution in [-0.2, 0) is 9.53 Å². The quantitative estimate of drug-likeness (QED) is 0.679. The molecule has 0 bridgehead atoms. The maximum absolute atomic E-state index is 11.4. The highest BCUT2D eigenvalue weighted by molar-refractivity contribution is 6.29. The van der Waals surface area contributed by atoms with Crippen LogP contribution in [0.4, 0.5) is 0 Å². The van der Waals surface area contributed by atoms with Crippen molar-refractivity contribution in [2.75, 3.05) is 6.61 Å². The number of ether oxygens (including phenoxy) is 1. The summed E-state index contributed by atoms with van der Waals surface area (Å²) in [4.78, 5) is 15.5. The molecular weight excluding hydrogens is 254 g/mol. The topological polar surface area (TPSA) is 69.6 Å². The second-order valence-electron chi connectivity index (χ2n) is 3.88. The van der Waals surface area contributed by atoms with E-state index in [0.717, 1.165) is 5.56 Å². The molecule has 2 N–H and O–H groups in total. The zero-order valence-electron chi connectivity index (χ0n) is 9.97. The molecule has 0 spiro atoms. The van der Waals surface area contributed by atoms with E-state index >= 15 is 0 Å². The molecule has 2 aromatic heterocycles. The summed E-state index contributed by atoms with van der Waals surface area (Å²) in [7, 11) is 0. The maximum atomic E-state index is 11.4. The number of nitrogens with two attached hydrogens (primary N) is 1. The molecule has 96 valence electrons. The van der Waals surface area contributed by atoms with Gasteiger partial charge in [0.15, 0.2) is 0 Å². The van der Waals surface area contributed by atoms with E-state index in [1.807, 2.05) is 6.07 Å². The molecule has 0 saturated carbocycles. The van der Waals surface area contributed by atoms with Crippen molar-refractivity contribution in [1.29, 1.82) is 0 Å². The van der Waals surface area contributed by atoms with Crippen molar-refractivity contribution >= 4 is 23.2 Å². The first-order chi connectivity index (χ1) is 8.61. The van der Waals surface area contributed by atoms with E-state index < -0.39 is 6.04 Å². The summed E-state index contributed by atoms with van der Waals surface area (Å²) in [6, 6.07) is 3.11. The number of aromatic nitrogens is 2. The highest BCUT2D eigenvalue weighted by Crippen LogP contribution is 2.21. The second kappa shape index (κ2) is 5.37. The average Bonchev–Trinajstić information content (AvgIpc) is 2.77. The molecule has 2 heterocycles. The predicted molar refractivity (Wildman–Crippen MR) is 68.4 cm³/mol. The summed E-state index contributed by atoms with van der Waals surface area (Å²) in [5, 5.41) is 0.513. The van der Waals surface area contributed by atoms with Gasteiger partial charge in [0.2, 0.25) is 0 Å². The van der Waals surface area contributed by atoms with Crippen LogP contribution in [0, 0.1) is 0 Å². The van der Waals surface area contributed by atoms with Gasteiger partial charge in [-0.3, -0.25) is 9.20 Å². The summed E-state index contributed by atoms with van der Waals surface area (Å²) < 4.78 is 6.60. The zero-order valence-corrected chi connectivity index (χ0v) is 10.7. The van der Waals surface area contributed by atoms with Gasteiger partial charge in [0.05, 0.1) is 13.0 Å².